The van der Waals surface area contributed by atoms with Gasteiger partial charge in [-0.05, 0) is 29.7 Å². The van der Waals surface area contributed by atoms with Gasteiger partial charge in [-0.15, -0.1) is 0 Å². The van der Waals surface area contributed by atoms with Crippen molar-refractivity contribution in [3.05, 3.63) is 65.5 Å². The highest BCUT2D eigenvalue weighted by Gasteiger charge is 2.20. The third kappa shape index (κ3) is 4.27. The maximum Gasteiger partial charge on any atom is 0.308 e. The molecular formula is C20H20N2O4. The first-order valence-electron chi connectivity index (χ1n) is 8.41. The van der Waals surface area contributed by atoms with E-state index in [1.807, 2.05) is 42.5 Å². The first kappa shape index (κ1) is 17.7. The lowest BCUT2D eigenvalue weighted by Crippen LogP contribution is -2.35. The van der Waals surface area contributed by atoms with Crippen molar-refractivity contribution < 1.29 is 19.2 Å². The highest BCUT2D eigenvalue weighted by atomic mass is 16.5. The van der Waals surface area contributed by atoms with Crippen molar-refractivity contribution in [2.45, 2.75) is 19.8 Å². The number of hydrogen-bond acceptors (Lipinski definition) is 4. The zero-order valence-electron chi connectivity index (χ0n) is 14.4. The summed E-state index contributed by atoms with van der Waals surface area (Å²) < 4.78 is 4.92. The molecule has 0 aliphatic carbocycles. The van der Waals surface area contributed by atoms with Crippen molar-refractivity contribution in [3.8, 4) is 0 Å². The van der Waals surface area contributed by atoms with E-state index in [1.165, 1.54) is 0 Å². The molecule has 3 aromatic rings. The number of carboxylic acids is 1. The SMILES string of the molecule is Cc1cc(CC(=O)NCC(Cc2cccc3ccccc23)C(=O)O)no1. The van der Waals surface area contributed by atoms with Crippen LogP contribution >= 0.6 is 0 Å². The van der Waals surface area contributed by atoms with Crippen molar-refractivity contribution in [3.63, 3.8) is 0 Å². The smallest absolute Gasteiger partial charge is 0.308 e. The molecule has 1 amide bonds. The number of hydrogen-bond donors (Lipinski definition) is 2. The van der Waals surface area contributed by atoms with Crippen LogP contribution in [0.2, 0.25) is 0 Å². The highest BCUT2D eigenvalue weighted by molar-refractivity contribution is 5.86. The summed E-state index contributed by atoms with van der Waals surface area (Å²) in [5.74, 6) is -1.28. The van der Waals surface area contributed by atoms with Gasteiger partial charge in [-0.1, -0.05) is 47.6 Å². The zero-order valence-corrected chi connectivity index (χ0v) is 14.4. The monoisotopic (exact) mass is 352 g/mol. The molecule has 0 saturated carbocycles. The summed E-state index contributed by atoms with van der Waals surface area (Å²) in [6.45, 7) is 1.81. The van der Waals surface area contributed by atoms with Gasteiger partial charge in [0.2, 0.25) is 5.91 Å². The maximum atomic E-state index is 12.0. The first-order chi connectivity index (χ1) is 12.5. The minimum Gasteiger partial charge on any atom is -0.481 e. The topological polar surface area (TPSA) is 92.4 Å². The molecular weight excluding hydrogens is 332 g/mol. The fourth-order valence-corrected chi connectivity index (χ4v) is 2.95. The van der Waals surface area contributed by atoms with Crippen LogP contribution in [0.3, 0.4) is 0 Å². The minimum atomic E-state index is -0.935. The van der Waals surface area contributed by atoms with E-state index < -0.39 is 11.9 Å². The molecule has 2 N–H and O–H groups in total. The second kappa shape index (κ2) is 7.82. The van der Waals surface area contributed by atoms with Gasteiger partial charge in [-0.3, -0.25) is 9.59 Å². The van der Waals surface area contributed by atoms with Gasteiger partial charge < -0.3 is 14.9 Å². The summed E-state index contributed by atoms with van der Waals surface area (Å²) in [6.07, 6.45) is 0.415. The summed E-state index contributed by atoms with van der Waals surface area (Å²) in [4.78, 5) is 23.7. The quantitative estimate of drug-likeness (QED) is 0.682. The predicted octanol–water partition coefficient (Wildman–Crippen LogP) is 2.74. The van der Waals surface area contributed by atoms with Crippen LogP contribution in [0.25, 0.3) is 10.8 Å². The minimum absolute atomic E-state index is 0.0637. The molecule has 0 bridgehead atoms. The lowest BCUT2D eigenvalue weighted by Gasteiger charge is -2.15. The number of carbonyl (C=O) groups excluding carboxylic acids is 1. The largest absolute Gasteiger partial charge is 0.481 e. The number of nitrogens with one attached hydrogen (secondary N) is 1. The van der Waals surface area contributed by atoms with Gasteiger partial charge >= 0.3 is 5.97 Å². The number of amides is 1. The number of benzene rings is 2. The van der Waals surface area contributed by atoms with Crippen molar-refractivity contribution in [2.24, 2.45) is 5.92 Å². The number of nitrogens with zero attached hydrogens (tertiary/aromatic N) is 1. The van der Waals surface area contributed by atoms with E-state index in [2.05, 4.69) is 10.5 Å². The molecule has 0 radical (unpaired) electrons. The molecule has 0 fully saturated rings. The molecule has 3 rings (SSSR count). The van der Waals surface area contributed by atoms with Crippen molar-refractivity contribution in [1.82, 2.24) is 10.5 Å². The Morgan fingerprint density at radius 1 is 1.19 bits per heavy atom. The number of carbonyl (C=O) groups is 2. The molecule has 0 aliphatic heterocycles. The van der Waals surface area contributed by atoms with Gasteiger partial charge in [0.15, 0.2) is 0 Å². The van der Waals surface area contributed by atoms with E-state index in [4.69, 9.17) is 4.52 Å². The van der Waals surface area contributed by atoms with Crippen LogP contribution < -0.4 is 5.32 Å². The van der Waals surface area contributed by atoms with Crippen LogP contribution in [-0.2, 0) is 22.4 Å². The Balaban J connectivity index is 1.65. The van der Waals surface area contributed by atoms with Gasteiger partial charge in [0.05, 0.1) is 18.0 Å². The average molecular weight is 352 g/mol. The normalized spacial score (nSPS) is 12.0. The molecule has 1 atom stereocenters. The fourth-order valence-electron chi connectivity index (χ4n) is 2.95. The van der Waals surface area contributed by atoms with Crippen LogP contribution in [0, 0.1) is 12.8 Å². The molecule has 134 valence electrons. The summed E-state index contributed by atoms with van der Waals surface area (Å²) >= 11 is 0. The van der Waals surface area contributed by atoms with Gasteiger partial charge in [0.1, 0.15) is 5.76 Å². The Bertz CT molecular complexity index is 927. The second-order valence-corrected chi connectivity index (χ2v) is 6.29. The number of aromatic nitrogens is 1. The predicted molar refractivity (Wildman–Crippen MR) is 96.7 cm³/mol. The van der Waals surface area contributed by atoms with E-state index in [0.29, 0.717) is 17.9 Å². The van der Waals surface area contributed by atoms with Gasteiger partial charge in [0, 0.05) is 12.6 Å². The molecule has 2 aromatic carbocycles. The maximum absolute atomic E-state index is 12.0. The Kier molecular flexibility index (Phi) is 5.31. The van der Waals surface area contributed by atoms with E-state index in [9.17, 15) is 14.7 Å². The lowest BCUT2D eigenvalue weighted by molar-refractivity contribution is -0.141. The number of fused-ring (bicyclic) bond motifs is 1. The van der Waals surface area contributed by atoms with Gasteiger partial charge in [0.25, 0.3) is 0 Å². The average Bonchev–Trinajstić information content (AvgIpc) is 3.03. The third-order valence-corrected chi connectivity index (χ3v) is 4.26. The zero-order chi connectivity index (χ0) is 18.5. The van der Waals surface area contributed by atoms with Crippen LogP contribution in [-0.4, -0.2) is 28.7 Å². The molecule has 1 heterocycles. The summed E-state index contributed by atoms with van der Waals surface area (Å²) in [5, 5.41) is 18.1. The van der Waals surface area contributed by atoms with Gasteiger partial charge in [-0.25, -0.2) is 0 Å². The number of aryl methyl sites for hydroxylation is 1. The molecule has 6 nitrogen and oxygen atoms in total. The Morgan fingerprint density at radius 2 is 1.96 bits per heavy atom. The van der Waals surface area contributed by atoms with E-state index >= 15 is 0 Å². The standard InChI is InChI=1S/C20H20N2O4/c1-13-9-17(22-26-13)11-19(23)21-12-16(20(24)25)10-15-7-4-6-14-5-2-3-8-18(14)15/h2-9,16H,10-12H2,1H3,(H,21,23)(H,24,25). The molecule has 1 unspecified atom stereocenters. The van der Waals surface area contributed by atoms with E-state index in [-0.39, 0.29) is 18.9 Å². The molecule has 26 heavy (non-hydrogen) atoms. The summed E-state index contributed by atoms with van der Waals surface area (Å²) in [5.41, 5.74) is 1.48. The van der Waals surface area contributed by atoms with Crippen LogP contribution in [0.4, 0.5) is 0 Å². The third-order valence-electron chi connectivity index (χ3n) is 4.26. The molecule has 6 heteroatoms. The van der Waals surface area contributed by atoms with Gasteiger partial charge in [-0.2, -0.15) is 0 Å². The Labute approximate surface area is 150 Å². The van der Waals surface area contributed by atoms with Crippen LogP contribution in [0.1, 0.15) is 17.0 Å². The van der Waals surface area contributed by atoms with Crippen molar-refractivity contribution >= 4 is 22.6 Å². The first-order valence-corrected chi connectivity index (χ1v) is 8.41. The van der Waals surface area contributed by atoms with E-state index in [0.717, 1.165) is 16.3 Å². The number of rotatable bonds is 7. The van der Waals surface area contributed by atoms with Crippen LogP contribution in [0.15, 0.2) is 53.1 Å². The van der Waals surface area contributed by atoms with E-state index in [1.54, 1.807) is 13.0 Å². The summed E-state index contributed by atoms with van der Waals surface area (Å²) in [6, 6.07) is 15.4. The Hall–Kier alpha value is -3.15. The summed E-state index contributed by atoms with van der Waals surface area (Å²) in [7, 11) is 0. The lowest BCUT2D eigenvalue weighted by atomic mass is 9.95. The molecule has 1 aromatic heterocycles. The highest BCUT2D eigenvalue weighted by Crippen LogP contribution is 2.21. The Morgan fingerprint density at radius 3 is 2.69 bits per heavy atom. The molecule has 0 aliphatic rings. The van der Waals surface area contributed by atoms with Crippen molar-refractivity contribution in [1.29, 1.82) is 0 Å². The van der Waals surface area contributed by atoms with Crippen molar-refractivity contribution in [2.75, 3.05) is 6.54 Å². The van der Waals surface area contributed by atoms with Crippen LogP contribution in [0.5, 0.6) is 0 Å². The molecule has 0 saturated heterocycles. The number of carboxylic acid groups (broad SMARTS) is 1. The molecule has 0 spiro atoms. The second-order valence-electron chi connectivity index (χ2n) is 6.29. The number of aliphatic carboxylic acids is 1. The fraction of sp³-hybridized carbons (Fsp3) is 0.250.